The number of aryl methyl sites for hydroxylation is 1. The molecule has 4 heteroatoms. The minimum Gasteiger partial charge on any atom is -0.314 e. The first-order chi connectivity index (χ1) is 9.22. The van der Waals surface area contributed by atoms with E-state index in [1.54, 1.807) is 4.88 Å². The molecule has 1 N–H and O–H groups in total. The van der Waals surface area contributed by atoms with Gasteiger partial charge in [-0.3, -0.25) is 4.90 Å². The van der Waals surface area contributed by atoms with Crippen LogP contribution in [0.4, 0.5) is 0 Å². The first-order valence-corrected chi connectivity index (χ1v) is 9.04. The Hall–Kier alpha value is 0.1000. The van der Waals surface area contributed by atoms with Gasteiger partial charge in [0.05, 0.1) is 3.79 Å². The SMILES string of the molecule is CCCCC[C@H](c1cc(C)c(Br)s1)N1CCNCC1. The van der Waals surface area contributed by atoms with E-state index < -0.39 is 0 Å². The summed E-state index contributed by atoms with van der Waals surface area (Å²) >= 11 is 5.61. The molecule has 2 rings (SSSR count). The van der Waals surface area contributed by atoms with Crippen molar-refractivity contribution in [2.24, 2.45) is 0 Å². The van der Waals surface area contributed by atoms with Crippen LogP contribution in [0.2, 0.25) is 0 Å². The molecule has 0 spiro atoms. The molecule has 0 radical (unpaired) electrons. The van der Waals surface area contributed by atoms with Crippen molar-refractivity contribution >= 4 is 27.3 Å². The molecule has 1 aliphatic heterocycles. The lowest BCUT2D eigenvalue weighted by Gasteiger charge is -2.34. The third kappa shape index (κ3) is 4.28. The van der Waals surface area contributed by atoms with Gasteiger partial charge in [0.25, 0.3) is 0 Å². The number of thiophene rings is 1. The topological polar surface area (TPSA) is 15.3 Å². The smallest absolute Gasteiger partial charge is 0.0731 e. The molecule has 108 valence electrons. The van der Waals surface area contributed by atoms with E-state index in [9.17, 15) is 0 Å². The third-order valence-electron chi connectivity index (χ3n) is 3.88. The van der Waals surface area contributed by atoms with Crippen molar-refractivity contribution in [3.8, 4) is 0 Å². The Morgan fingerprint density at radius 2 is 2.11 bits per heavy atom. The van der Waals surface area contributed by atoms with Gasteiger partial charge in [-0.05, 0) is 40.9 Å². The number of hydrogen-bond donors (Lipinski definition) is 1. The number of unbranched alkanes of at least 4 members (excludes halogenated alkanes) is 2. The summed E-state index contributed by atoms with van der Waals surface area (Å²) in [5.74, 6) is 0. The van der Waals surface area contributed by atoms with Crippen LogP contribution in [0.3, 0.4) is 0 Å². The van der Waals surface area contributed by atoms with E-state index in [1.807, 2.05) is 11.3 Å². The molecule has 0 aliphatic carbocycles. The molecule has 1 aromatic rings. The summed E-state index contributed by atoms with van der Waals surface area (Å²) in [5.41, 5.74) is 1.38. The van der Waals surface area contributed by atoms with Gasteiger partial charge in [-0.1, -0.05) is 26.2 Å². The number of nitrogens with one attached hydrogen (secondary N) is 1. The van der Waals surface area contributed by atoms with Gasteiger partial charge in [0, 0.05) is 37.1 Å². The molecule has 1 fully saturated rings. The summed E-state index contributed by atoms with van der Waals surface area (Å²) in [6.45, 7) is 9.12. The minimum atomic E-state index is 0.628. The molecule has 0 amide bonds. The quantitative estimate of drug-likeness (QED) is 0.772. The molecule has 1 aliphatic rings. The second-order valence-corrected chi connectivity index (χ2v) is 7.80. The maximum absolute atomic E-state index is 3.68. The average Bonchev–Trinajstić information content (AvgIpc) is 2.75. The molecular weight excluding hydrogens is 320 g/mol. The van der Waals surface area contributed by atoms with Crippen LogP contribution in [0.5, 0.6) is 0 Å². The van der Waals surface area contributed by atoms with Crippen LogP contribution >= 0.6 is 27.3 Å². The van der Waals surface area contributed by atoms with E-state index in [1.165, 1.54) is 48.1 Å². The van der Waals surface area contributed by atoms with Gasteiger partial charge in [-0.2, -0.15) is 0 Å². The fourth-order valence-electron chi connectivity index (χ4n) is 2.73. The van der Waals surface area contributed by atoms with Crippen molar-refractivity contribution in [1.82, 2.24) is 10.2 Å². The van der Waals surface area contributed by atoms with E-state index in [0.29, 0.717) is 6.04 Å². The van der Waals surface area contributed by atoms with Crippen LogP contribution in [-0.2, 0) is 0 Å². The predicted octanol–water partition coefficient (Wildman–Crippen LogP) is 4.35. The lowest BCUT2D eigenvalue weighted by Crippen LogP contribution is -2.45. The summed E-state index contributed by atoms with van der Waals surface area (Å²) < 4.78 is 1.30. The van der Waals surface area contributed by atoms with Crippen LogP contribution in [0.1, 0.15) is 49.1 Å². The van der Waals surface area contributed by atoms with Gasteiger partial charge in [0.1, 0.15) is 0 Å². The highest BCUT2D eigenvalue weighted by molar-refractivity contribution is 9.11. The fraction of sp³-hybridized carbons (Fsp3) is 0.733. The number of halogens is 1. The highest BCUT2D eigenvalue weighted by Gasteiger charge is 2.23. The van der Waals surface area contributed by atoms with Crippen LogP contribution in [0.15, 0.2) is 9.85 Å². The van der Waals surface area contributed by atoms with Crippen molar-refractivity contribution in [3.63, 3.8) is 0 Å². The Kier molecular flexibility index (Phi) is 6.33. The zero-order valence-corrected chi connectivity index (χ0v) is 14.4. The van der Waals surface area contributed by atoms with Gasteiger partial charge in [-0.15, -0.1) is 11.3 Å². The molecule has 0 saturated carbocycles. The highest BCUT2D eigenvalue weighted by Crippen LogP contribution is 2.36. The Balaban J connectivity index is 2.07. The summed E-state index contributed by atoms with van der Waals surface area (Å²) in [5, 5.41) is 3.46. The lowest BCUT2D eigenvalue weighted by molar-refractivity contribution is 0.165. The molecule has 0 aromatic carbocycles. The molecule has 19 heavy (non-hydrogen) atoms. The van der Waals surface area contributed by atoms with Gasteiger partial charge in [0.15, 0.2) is 0 Å². The molecule has 2 heterocycles. The second-order valence-electron chi connectivity index (χ2n) is 5.40. The Bertz CT molecular complexity index is 366. The predicted molar refractivity (Wildman–Crippen MR) is 88.1 cm³/mol. The first kappa shape index (κ1) is 15.5. The number of hydrogen-bond acceptors (Lipinski definition) is 3. The van der Waals surface area contributed by atoms with Crippen LogP contribution < -0.4 is 5.32 Å². The molecular formula is C15H25BrN2S. The number of rotatable bonds is 6. The zero-order valence-electron chi connectivity index (χ0n) is 12.0. The zero-order chi connectivity index (χ0) is 13.7. The van der Waals surface area contributed by atoms with E-state index in [0.717, 1.165) is 13.1 Å². The van der Waals surface area contributed by atoms with E-state index in [2.05, 4.69) is 46.1 Å². The lowest BCUT2D eigenvalue weighted by atomic mass is 10.0. The average molecular weight is 345 g/mol. The van der Waals surface area contributed by atoms with Crippen LogP contribution in [-0.4, -0.2) is 31.1 Å². The molecule has 0 bridgehead atoms. The van der Waals surface area contributed by atoms with E-state index in [-0.39, 0.29) is 0 Å². The van der Waals surface area contributed by atoms with Crippen molar-refractivity contribution in [2.75, 3.05) is 26.2 Å². The van der Waals surface area contributed by atoms with Crippen molar-refractivity contribution in [3.05, 3.63) is 20.3 Å². The van der Waals surface area contributed by atoms with Crippen molar-refractivity contribution < 1.29 is 0 Å². The Labute approximate surface area is 129 Å². The maximum atomic E-state index is 3.68. The fourth-order valence-corrected chi connectivity index (χ4v) is 4.47. The van der Waals surface area contributed by atoms with Gasteiger partial charge in [0.2, 0.25) is 0 Å². The van der Waals surface area contributed by atoms with Crippen molar-refractivity contribution in [2.45, 2.75) is 45.6 Å². The first-order valence-electron chi connectivity index (χ1n) is 7.43. The van der Waals surface area contributed by atoms with E-state index in [4.69, 9.17) is 0 Å². The highest BCUT2D eigenvalue weighted by atomic mass is 79.9. The summed E-state index contributed by atoms with van der Waals surface area (Å²) in [4.78, 5) is 4.21. The summed E-state index contributed by atoms with van der Waals surface area (Å²) in [6.07, 6.45) is 5.31. The standard InChI is InChI=1S/C15H25BrN2S/c1-3-4-5-6-13(18-9-7-17-8-10-18)14-11-12(2)15(16)19-14/h11,13,17H,3-10H2,1-2H3/t13-/m1/s1. The third-order valence-corrected chi connectivity index (χ3v) is 6.12. The largest absolute Gasteiger partial charge is 0.314 e. The van der Waals surface area contributed by atoms with Crippen LogP contribution in [0.25, 0.3) is 0 Å². The number of piperazine rings is 1. The molecule has 2 nitrogen and oxygen atoms in total. The van der Waals surface area contributed by atoms with Gasteiger partial charge >= 0.3 is 0 Å². The van der Waals surface area contributed by atoms with Crippen molar-refractivity contribution in [1.29, 1.82) is 0 Å². The monoisotopic (exact) mass is 344 g/mol. The maximum Gasteiger partial charge on any atom is 0.0731 e. The van der Waals surface area contributed by atoms with Gasteiger partial charge < -0.3 is 5.32 Å². The Morgan fingerprint density at radius 3 is 2.68 bits per heavy atom. The van der Waals surface area contributed by atoms with Gasteiger partial charge in [-0.25, -0.2) is 0 Å². The normalized spacial score (nSPS) is 18.7. The summed E-state index contributed by atoms with van der Waals surface area (Å²) in [7, 11) is 0. The molecule has 1 aromatic heterocycles. The molecule has 1 saturated heterocycles. The second kappa shape index (κ2) is 7.77. The Morgan fingerprint density at radius 1 is 1.37 bits per heavy atom. The number of nitrogens with zero attached hydrogens (tertiary/aromatic N) is 1. The van der Waals surface area contributed by atoms with E-state index >= 15 is 0 Å². The minimum absolute atomic E-state index is 0.628. The molecule has 1 atom stereocenters. The summed E-state index contributed by atoms with van der Waals surface area (Å²) in [6, 6.07) is 3.01. The molecule has 0 unspecified atom stereocenters. The van der Waals surface area contributed by atoms with Crippen LogP contribution in [0, 0.1) is 6.92 Å².